The van der Waals surface area contributed by atoms with Gasteiger partial charge in [-0.05, 0) is 58.0 Å². The average Bonchev–Trinajstić information content (AvgIpc) is 2.48. The van der Waals surface area contributed by atoms with Crippen LogP contribution in [-0.4, -0.2) is 0 Å². The smallest absolute Gasteiger partial charge is 0.00412 e. The van der Waals surface area contributed by atoms with Crippen LogP contribution in [0.1, 0.15) is 38.5 Å². The van der Waals surface area contributed by atoms with E-state index in [4.69, 9.17) is 0 Å². The summed E-state index contributed by atoms with van der Waals surface area (Å²) >= 11 is 0. The molecule has 2 rings (SSSR count). The molecule has 5 heteroatoms. The van der Waals surface area contributed by atoms with Crippen molar-refractivity contribution in [2.24, 2.45) is 5.92 Å². The molecular weight excluding hydrogens is 268 g/mol. The lowest BCUT2D eigenvalue weighted by Gasteiger charge is -2.21. The molecular formula is C9H14S5. The lowest BCUT2D eigenvalue weighted by atomic mass is 9.87. The maximum atomic E-state index is 2.36. The molecule has 0 spiro atoms. The van der Waals surface area contributed by atoms with Gasteiger partial charge < -0.3 is 0 Å². The van der Waals surface area contributed by atoms with Crippen LogP contribution in [0.3, 0.4) is 0 Å². The van der Waals surface area contributed by atoms with Gasteiger partial charge in [-0.1, -0.05) is 42.9 Å². The third-order valence-corrected chi connectivity index (χ3v) is 10.9. The van der Waals surface area contributed by atoms with Gasteiger partial charge in [0.05, 0.1) is 0 Å². The monoisotopic (exact) mass is 282 g/mol. The molecule has 1 heterocycles. The Kier molecular flexibility index (Phi) is 5.93. The fraction of sp³-hybridized carbons (Fsp3) is 0.778. The Hall–Kier alpha value is 1.49. The van der Waals surface area contributed by atoms with Crippen molar-refractivity contribution in [2.75, 3.05) is 0 Å². The van der Waals surface area contributed by atoms with E-state index in [1.54, 1.807) is 4.91 Å². The molecule has 1 aliphatic heterocycles. The lowest BCUT2D eigenvalue weighted by molar-refractivity contribution is 0.360. The summed E-state index contributed by atoms with van der Waals surface area (Å²) in [7, 11) is 9.55. The van der Waals surface area contributed by atoms with Crippen LogP contribution < -0.4 is 0 Å². The van der Waals surface area contributed by atoms with Crippen molar-refractivity contribution >= 4 is 51.1 Å². The van der Waals surface area contributed by atoms with E-state index in [0.29, 0.717) is 0 Å². The summed E-state index contributed by atoms with van der Waals surface area (Å²) in [5.74, 6) is 0.983. The van der Waals surface area contributed by atoms with Gasteiger partial charge in [-0.15, -0.1) is 0 Å². The number of allylic oxidation sites excluding steroid dienone is 1. The van der Waals surface area contributed by atoms with Crippen molar-refractivity contribution in [1.29, 1.82) is 0 Å². The van der Waals surface area contributed by atoms with E-state index in [-0.39, 0.29) is 0 Å². The molecule has 0 amide bonds. The topological polar surface area (TPSA) is 0 Å². The van der Waals surface area contributed by atoms with Gasteiger partial charge in [0.1, 0.15) is 0 Å². The van der Waals surface area contributed by atoms with Crippen LogP contribution in [0, 0.1) is 5.92 Å². The standard InChI is InChI=1S/C9H14S5/c1-2-4-8(5-3-1)6-9-7-10-12-14-13-11-9/h7-8H,1-6H2. The molecule has 0 aromatic rings. The molecule has 1 fully saturated rings. The van der Waals surface area contributed by atoms with Crippen molar-refractivity contribution in [3.63, 3.8) is 0 Å². The van der Waals surface area contributed by atoms with E-state index in [1.165, 1.54) is 38.5 Å². The Morgan fingerprint density at radius 2 is 1.93 bits per heavy atom. The molecule has 0 aromatic heterocycles. The second-order valence-corrected chi connectivity index (χ2v) is 11.2. The molecule has 14 heavy (non-hydrogen) atoms. The molecule has 0 atom stereocenters. The second-order valence-electron chi connectivity index (χ2n) is 3.68. The first-order chi connectivity index (χ1) is 6.95. The van der Waals surface area contributed by atoms with Gasteiger partial charge in [0, 0.05) is 4.91 Å². The van der Waals surface area contributed by atoms with Gasteiger partial charge in [-0.25, -0.2) is 0 Å². The fourth-order valence-electron chi connectivity index (χ4n) is 1.94. The maximum absolute atomic E-state index is 2.36. The van der Waals surface area contributed by atoms with Crippen LogP contribution in [-0.2, 0) is 0 Å². The van der Waals surface area contributed by atoms with Gasteiger partial charge in [0.2, 0.25) is 0 Å². The minimum Gasteiger partial charge on any atom is -0.0533 e. The zero-order valence-corrected chi connectivity index (χ0v) is 12.0. The maximum Gasteiger partial charge on any atom is 0.00412 e. The summed E-state index contributed by atoms with van der Waals surface area (Å²) in [6.07, 6.45) is 8.67. The largest absolute Gasteiger partial charge is 0.0533 e. The Labute approximate surface area is 105 Å². The highest BCUT2D eigenvalue weighted by molar-refractivity contribution is 9.36. The van der Waals surface area contributed by atoms with Crippen molar-refractivity contribution in [1.82, 2.24) is 0 Å². The van der Waals surface area contributed by atoms with Crippen LogP contribution in [0.2, 0.25) is 0 Å². The zero-order chi connectivity index (χ0) is 9.64. The van der Waals surface area contributed by atoms with Crippen molar-refractivity contribution in [2.45, 2.75) is 38.5 Å². The molecule has 1 aliphatic carbocycles. The normalized spacial score (nSPS) is 25.6. The molecule has 0 radical (unpaired) electrons. The van der Waals surface area contributed by atoms with Gasteiger partial charge in [-0.3, -0.25) is 0 Å². The molecule has 0 N–H and O–H groups in total. The van der Waals surface area contributed by atoms with Crippen LogP contribution in [0.5, 0.6) is 0 Å². The second kappa shape index (κ2) is 6.94. The highest BCUT2D eigenvalue weighted by Crippen LogP contribution is 2.56. The summed E-state index contributed by atoms with van der Waals surface area (Å²) in [4.78, 5) is 1.60. The van der Waals surface area contributed by atoms with Crippen LogP contribution in [0.25, 0.3) is 0 Å². The molecule has 80 valence electrons. The Bertz CT molecular complexity index is 197. The van der Waals surface area contributed by atoms with E-state index in [0.717, 1.165) is 5.92 Å². The molecule has 2 aliphatic rings. The van der Waals surface area contributed by atoms with Crippen LogP contribution in [0.15, 0.2) is 10.3 Å². The first-order valence-corrected chi connectivity index (χ1v) is 11.2. The van der Waals surface area contributed by atoms with Crippen molar-refractivity contribution in [3.8, 4) is 0 Å². The SMILES string of the molecule is C1=C(CC2CCCCC2)SSSSS1. The predicted octanol–water partition coefficient (Wildman–Crippen LogP) is 6.14. The fourth-order valence-corrected chi connectivity index (χ4v) is 10.6. The number of hydrogen-bond acceptors (Lipinski definition) is 5. The Morgan fingerprint density at radius 1 is 1.07 bits per heavy atom. The molecule has 0 unspecified atom stereocenters. The molecule has 0 nitrogen and oxygen atoms in total. The molecule has 0 aromatic carbocycles. The minimum absolute atomic E-state index is 0.983. The molecule has 0 saturated heterocycles. The number of hydrogen-bond donors (Lipinski definition) is 0. The van der Waals surface area contributed by atoms with E-state index in [9.17, 15) is 0 Å². The lowest BCUT2D eigenvalue weighted by Crippen LogP contribution is -2.05. The summed E-state index contributed by atoms with van der Waals surface area (Å²) in [6.45, 7) is 0. The first-order valence-electron chi connectivity index (χ1n) is 4.97. The highest BCUT2D eigenvalue weighted by atomic mass is 33.8. The van der Waals surface area contributed by atoms with Crippen LogP contribution >= 0.6 is 51.1 Å². The zero-order valence-electron chi connectivity index (χ0n) is 7.94. The first kappa shape index (κ1) is 12.0. The Balaban J connectivity index is 1.79. The van der Waals surface area contributed by atoms with Crippen molar-refractivity contribution in [3.05, 3.63) is 10.3 Å². The Morgan fingerprint density at radius 3 is 2.79 bits per heavy atom. The highest BCUT2D eigenvalue weighted by Gasteiger charge is 2.16. The third kappa shape index (κ3) is 4.16. The van der Waals surface area contributed by atoms with E-state index < -0.39 is 0 Å². The van der Waals surface area contributed by atoms with Gasteiger partial charge in [0.15, 0.2) is 0 Å². The van der Waals surface area contributed by atoms with Crippen molar-refractivity contribution < 1.29 is 0 Å². The molecule has 1 saturated carbocycles. The quantitative estimate of drug-likeness (QED) is 0.556. The van der Waals surface area contributed by atoms with Gasteiger partial charge in [-0.2, -0.15) is 0 Å². The molecule has 0 bridgehead atoms. The van der Waals surface area contributed by atoms with E-state index in [2.05, 4.69) is 5.41 Å². The van der Waals surface area contributed by atoms with E-state index in [1.807, 2.05) is 51.1 Å². The van der Waals surface area contributed by atoms with Gasteiger partial charge in [0.25, 0.3) is 0 Å². The summed E-state index contributed by atoms with van der Waals surface area (Å²) in [6, 6.07) is 0. The summed E-state index contributed by atoms with van der Waals surface area (Å²) in [5.41, 5.74) is 0. The summed E-state index contributed by atoms with van der Waals surface area (Å²) in [5, 5.41) is 2.36. The number of rotatable bonds is 2. The average molecular weight is 283 g/mol. The van der Waals surface area contributed by atoms with Gasteiger partial charge >= 0.3 is 0 Å². The van der Waals surface area contributed by atoms with Crippen LogP contribution in [0.4, 0.5) is 0 Å². The summed E-state index contributed by atoms with van der Waals surface area (Å²) < 4.78 is 0. The predicted molar refractivity (Wildman–Crippen MR) is 77.2 cm³/mol. The van der Waals surface area contributed by atoms with E-state index >= 15 is 0 Å². The minimum atomic E-state index is 0.983. The third-order valence-electron chi connectivity index (χ3n) is 2.63.